The van der Waals surface area contributed by atoms with Crippen LogP contribution in [-0.2, 0) is 4.79 Å². The average Bonchev–Trinajstić information content (AvgIpc) is 2.60. The molecular formula is C19H22ClNO2S. The van der Waals surface area contributed by atoms with Gasteiger partial charge in [0, 0.05) is 15.6 Å². The number of ether oxygens (including phenoxy) is 1. The highest BCUT2D eigenvalue weighted by molar-refractivity contribution is 8.00. The van der Waals surface area contributed by atoms with E-state index in [1.807, 2.05) is 48.5 Å². The number of thioether (sulfide) groups is 1. The third-order valence-electron chi connectivity index (χ3n) is 3.34. The lowest BCUT2D eigenvalue weighted by Gasteiger charge is -2.08. The number of unbranched alkanes of at least 4 members (excludes halogenated alkanes) is 2. The first-order chi connectivity index (χ1) is 11.7. The second kappa shape index (κ2) is 10.3. The summed E-state index contributed by atoms with van der Waals surface area (Å²) in [6.45, 7) is 2.90. The Bertz CT molecular complexity index is 629. The third-order valence-corrected chi connectivity index (χ3v) is 4.60. The van der Waals surface area contributed by atoms with Crippen molar-refractivity contribution in [3.05, 3.63) is 53.6 Å². The molecule has 1 N–H and O–H groups in total. The van der Waals surface area contributed by atoms with Crippen LogP contribution in [-0.4, -0.2) is 18.3 Å². The number of hydrogen-bond donors (Lipinski definition) is 1. The summed E-state index contributed by atoms with van der Waals surface area (Å²) in [6.07, 6.45) is 3.43. The topological polar surface area (TPSA) is 38.3 Å². The van der Waals surface area contributed by atoms with Crippen LogP contribution >= 0.6 is 23.4 Å². The largest absolute Gasteiger partial charge is 0.494 e. The molecule has 0 aromatic heterocycles. The summed E-state index contributed by atoms with van der Waals surface area (Å²) < 4.78 is 5.66. The molecule has 0 fully saturated rings. The molecule has 2 aromatic rings. The van der Waals surface area contributed by atoms with Gasteiger partial charge >= 0.3 is 0 Å². The van der Waals surface area contributed by atoms with Crippen LogP contribution in [0.3, 0.4) is 0 Å². The van der Waals surface area contributed by atoms with Crippen molar-refractivity contribution in [1.29, 1.82) is 0 Å². The summed E-state index contributed by atoms with van der Waals surface area (Å²) in [7, 11) is 0. The molecule has 2 rings (SSSR count). The first-order valence-electron chi connectivity index (χ1n) is 8.08. The fourth-order valence-electron chi connectivity index (χ4n) is 2.05. The van der Waals surface area contributed by atoms with Gasteiger partial charge in [-0.15, -0.1) is 11.8 Å². The van der Waals surface area contributed by atoms with E-state index >= 15 is 0 Å². The van der Waals surface area contributed by atoms with Gasteiger partial charge in [-0.3, -0.25) is 4.79 Å². The molecule has 0 aliphatic carbocycles. The van der Waals surface area contributed by atoms with Gasteiger partial charge in [0.2, 0.25) is 5.91 Å². The highest BCUT2D eigenvalue weighted by Gasteiger charge is 2.04. The summed E-state index contributed by atoms with van der Waals surface area (Å²) in [4.78, 5) is 13.0. The van der Waals surface area contributed by atoms with Gasteiger partial charge < -0.3 is 10.1 Å². The lowest BCUT2D eigenvalue weighted by atomic mass is 10.2. The summed E-state index contributed by atoms with van der Waals surface area (Å²) in [5.74, 6) is 1.16. The highest BCUT2D eigenvalue weighted by atomic mass is 35.5. The van der Waals surface area contributed by atoms with Gasteiger partial charge in [-0.25, -0.2) is 0 Å². The molecular weight excluding hydrogens is 342 g/mol. The Labute approximate surface area is 152 Å². The second-order valence-corrected chi connectivity index (χ2v) is 6.86. The van der Waals surface area contributed by atoms with Gasteiger partial charge in [0.1, 0.15) is 5.75 Å². The Morgan fingerprint density at radius 1 is 1.08 bits per heavy atom. The van der Waals surface area contributed by atoms with E-state index in [9.17, 15) is 4.79 Å². The maximum Gasteiger partial charge on any atom is 0.234 e. The van der Waals surface area contributed by atoms with E-state index in [4.69, 9.17) is 16.3 Å². The molecule has 0 saturated heterocycles. The number of halogens is 1. The first-order valence-corrected chi connectivity index (χ1v) is 9.45. The molecule has 0 aliphatic rings. The minimum absolute atomic E-state index is 0.0356. The molecule has 3 nitrogen and oxygen atoms in total. The number of carbonyl (C=O) groups excluding carboxylic acids is 1. The van der Waals surface area contributed by atoms with Gasteiger partial charge in [-0.05, 0) is 55.0 Å². The van der Waals surface area contributed by atoms with Crippen molar-refractivity contribution < 1.29 is 9.53 Å². The Balaban J connectivity index is 1.74. The van der Waals surface area contributed by atoms with Crippen molar-refractivity contribution in [1.82, 2.24) is 0 Å². The Hall–Kier alpha value is -1.65. The maximum absolute atomic E-state index is 12.0. The molecule has 2 aromatic carbocycles. The second-order valence-electron chi connectivity index (χ2n) is 5.37. The first kappa shape index (κ1) is 18.7. The van der Waals surface area contributed by atoms with E-state index in [1.165, 1.54) is 24.6 Å². The molecule has 0 saturated carbocycles. The number of carbonyl (C=O) groups is 1. The molecule has 0 radical (unpaired) electrons. The molecule has 0 spiro atoms. The molecule has 5 heteroatoms. The molecule has 1 amide bonds. The van der Waals surface area contributed by atoms with Crippen molar-refractivity contribution in [2.24, 2.45) is 0 Å². The monoisotopic (exact) mass is 363 g/mol. The van der Waals surface area contributed by atoms with Crippen LogP contribution in [0.2, 0.25) is 5.02 Å². The standard InChI is InChI=1S/C19H22ClNO2S/c1-2-3-4-13-23-17-9-7-16(8-10-17)21-19(22)14-24-18-11-5-15(20)6-12-18/h5-12H,2-4,13-14H2,1H3,(H,21,22). The van der Waals surface area contributed by atoms with E-state index in [-0.39, 0.29) is 5.91 Å². The van der Waals surface area contributed by atoms with Gasteiger partial charge in [0.05, 0.1) is 12.4 Å². The molecule has 128 valence electrons. The number of amides is 1. The fourth-order valence-corrected chi connectivity index (χ4v) is 2.88. The van der Waals surface area contributed by atoms with Crippen LogP contribution < -0.4 is 10.1 Å². The SMILES string of the molecule is CCCCCOc1ccc(NC(=O)CSc2ccc(Cl)cc2)cc1. The average molecular weight is 364 g/mol. The normalized spacial score (nSPS) is 10.4. The van der Waals surface area contributed by atoms with E-state index in [0.29, 0.717) is 10.8 Å². The Morgan fingerprint density at radius 2 is 1.79 bits per heavy atom. The molecule has 0 unspecified atom stereocenters. The summed E-state index contributed by atoms with van der Waals surface area (Å²) in [5, 5.41) is 3.58. The lowest BCUT2D eigenvalue weighted by Crippen LogP contribution is -2.13. The lowest BCUT2D eigenvalue weighted by molar-refractivity contribution is -0.113. The molecule has 0 heterocycles. The van der Waals surface area contributed by atoms with Crippen molar-refractivity contribution >= 4 is 35.0 Å². The summed E-state index contributed by atoms with van der Waals surface area (Å²) >= 11 is 7.32. The van der Waals surface area contributed by atoms with E-state index < -0.39 is 0 Å². The Morgan fingerprint density at radius 3 is 2.46 bits per heavy atom. The number of benzene rings is 2. The maximum atomic E-state index is 12.0. The Kier molecular flexibility index (Phi) is 7.99. The van der Waals surface area contributed by atoms with Crippen molar-refractivity contribution in [3.63, 3.8) is 0 Å². The smallest absolute Gasteiger partial charge is 0.234 e. The number of nitrogens with one attached hydrogen (secondary N) is 1. The summed E-state index contributed by atoms with van der Waals surface area (Å²) in [5.41, 5.74) is 0.776. The van der Waals surface area contributed by atoms with Gasteiger partial charge in [0.15, 0.2) is 0 Å². The van der Waals surface area contributed by atoms with Crippen molar-refractivity contribution in [2.45, 2.75) is 31.1 Å². The van der Waals surface area contributed by atoms with Crippen LogP contribution in [0.4, 0.5) is 5.69 Å². The van der Waals surface area contributed by atoms with Gasteiger partial charge in [-0.1, -0.05) is 31.4 Å². The number of hydrogen-bond acceptors (Lipinski definition) is 3. The molecule has 24 heavy (non-hydrogen) atoms. The summed E-state index contributed by atoms with van der Waals surface area (Å²) in [6, 6.07) is 14.9. The minimum atomic E-state index is -0.0356. The van der Waals surface area contributed by atoms with Gasteiger partial charge in [-0.2, -0.15) is 0 Å². The van der Waals surface area contributed by atoms with Crippen LogP contribution in [0, 0.1) is 0 Å². The molecule has 0 aliphatic heterocycles. The fraction of sp³-hybridized carbons (Fsp3) is 0.316. The molecule has 0 atom stereocenters. The van der Waals surface area contributed by atoms with Crippen LogP contribution in [0.15, 0.2) is 53.4 Å². The minimum Gasteiger partial charge on any atom is -0.494 e. The van der Waals surface area contributed by atoms with Crippen LogP contribution in [0.25, 0.3) is 0 Å². The van der Waals surface area contributed by atoms with Crippen molar-refractivity contribution in [3.8, 4) is 5.75 Å². The van der Waals surface area contributed by atoms with E-state index in [0.717, 1.165) is 29.4 Å². The van der Waals surface area contributed by atoms with E-state index in [1.54, 1.807) is 0 Å². The van der Waals surface area contributed by atoms with Crippen LogP contribution in [0.5, 0.6) is 5.75 Å². The molecule has 0 bridgehead atoms. The number of anilines is 1. The van der Waals surface area contributed by atoms with Crippen molar-refractivity contribution in [2.75, 3.05) is 17.7 Å². The quantitative estimate of drug-likeness (QED) is 0.462. The van der Waals surface area contributed by atoms with E-state index in [2.05, 4.69) is 12.2 Å². The number of rotatable bonds is 9. The van der Waals surface area contributed by atoms with Crippen LogP contribution in [0.1, 0.15) is 26.2 Å². The van der Waals surface area contributed by atoms with Gasteiger partial charge in [0.25, 0.3) is 0 Å². The zero-order valence-electron chi connectivity index (χ0n) is 13.8. The highest BCUT2D eigenvalue weighted by Crippen LogP contribution is 2.21. The zero-order chi connectivity index (χ0) is 17.2. The zero-order valence-corrected chi connectivity index (χ0v) is 15.3. The predicted molar refractivity (Wildman–Crippen MR) is 102 cm³/mol. The predicted octanol–water partition coefficient (Wildman–Crippen LogP) is 5.64. The third kappa shape index (κ3) is 6.85.